The average molecular weight is 292 g/mol. The summed E-state index contributed by atoms with van der Waals surface area (Å²) in [4.78, 5) is 43.1. The number of phosphoric acid groups is 2. The Morgan fingerprint density at radius 3 is 0.733 bits per heavy atom. The van der Waals surface area contributed by atoms with Crippen LogP contribution in [0.2, 0.25) is 0 Å². The summed E-state index contributed by atoms with van der Waals surface area (Å²) in [6.45, 7) is 4.00. The fourth-order valence-electron chi connectivity index (χ4n) is 0. The van der Waals surface area contributed by atoms with Gasteiger partial charge in [-0.3, -0.25) is 0 Å². The maximum absolute atomic E-state index is 8.88. The Kier molecular flexibility index (Phi) is 44.5. The maximum atomic E-state index is 8.88. The molecular formula is C2H16Na2O9P2. The Balaban J connectivity index is -0.0000000110. The first-order chi connectivity index (χ1) is 5.00. The molecule has 0 aromatic rings. The van der Waals surface area contributed by atoms with E-state index in [-0.39, 0.29) is 67.4 Å². The molecule has 0 aliphatic carbocycles. The molecule has 0 bridgehead atoms. The van der Waals surface area contributed by atoms with Crippen LogP contribution in [0, 0.1) is 0 Å². The first kappa shape index (κ1) is 36.0. The molecule has 8 N–H and O–H groups in total. The molecule has 0 fully saturated rings. The smallest absolute Gasteiger partial charge is 1.00 e. The summed E-state index contributed by atoms with van der Waals surface area (Å²) in [6, 6.07) is 0. The number of hydrogen-bond donors (Lipinski definition) is 6. The van der Waals surface area contributed by atoms with Crippen LogP contribution in [0.5, 0.6) is 0 Å². The predicted molar refractivity (Wildman–Crippen MR) is 45.7 cm³/mol. The van der Waals surface area contributed by atoms with Gasteiger partial charge in [0.15, 0.2) is 0 Å². The molecular weight excluding hydrogens is 276 g/mol. The standard InChI is InChI=1S/C2H6.2Na.2H3O4P.H2O.2H/c1-2;;;2*1-5(2,3)4;;;/h1-2H3;;;2*(H3,1,2,3,4);1H2;;/q;2*+1;;;;2*-1. The quantitative estimate of drug-likeness (QED) is 0.187. The maximum Gasteiger partial charge on any atom is 1.00 e. The fourth-order valence-corrected chi connectivity index (χ4v) is 0. The van der Waals surface area contributed by atoms with Gasteiger partial charge in [0.2, 0.25) is 0 Å². The van der Waals surface area contributed by atoms with Crippen molar-refractivity contribution in [2.75, 3.05) is 0 Å². The van der Waals surface area contributed by atoms with Crippen LogP contribution in [0.25, 0.3) is 0 Å². The van der Waals surface area contributed by atoms with E-state index >= 15 is 0 Å². The molecule has 0 saturated heterocycles. The Morgan fingerprint density at radius 1 is 0.733 bits per heavy atom. The van der Waals surface area contributed by atoms with Gasteiger partial charge in [0.05, 0.1) is 0 Å². The van der Waals surface area contributed by atoms with E-state index in [0.29, 0.717) is 0 Å². The summed E-state index contributed by atoms with van der Waals surface area (Å²) in [5, 5.41) is 0. The van der Waals surface area contributed by atoms with Crippen molar-refractivity contribution in [2.45, 2.75) is 13.8 Å². The SMILES string of the molecule is CC.O.O=P(O)(O)O.O=P(O)(O)O.[H-].[H-].[Na+].[Na+]. The fraction of sp³-hybridized carbons (Fsp3) is 1.00. The zero-order valence-electron chi connectivity index (χ0n) is 10.9. The second kappa shape index (κ2) is 18.5. The molecule has 13 heteroatoms. The largest absolute Gasteiger partial charge is 1.00 e. The average Bonchev–Trinajstić information content (AvgIpc) is 1.59. The number of rotatable bonds is 0. The Morgan fingerprint density at radius 2 is 0.733 bits per heavy atom. The molecule has 0 aliphatic rings. The van der Waals surface area contributed by atoms with Crippen molar-refractivity contribution >= 4 is 15.6 Å². The van der Waals surface area contributed by atoms with Crippen molar-refractivity contribution in [1.29, 1.82) is 0 Å². The molecule has 0 radical (unpaired) electrons. The van der Waals surface area contributed by atoms with E-state index in [4.69, 9.17) is 38.5 Å². The monoisotopic (exact) mass is 292 g/mol. The molecule has 15 heavy (non-hydrogen) atoms. The van der Waals surface area contributed by atoms with Crippen molar-refractivity contribution in [3.05, 3.63) is 0 Å². The minimum absolute atomic E-state index is 0. The third kappa shape index (κ3) is 685. The first-order valence-electron chi connectivity index (χ1n) is 2.57. The van der Waals surface area contributed by atoms with Gasteiger partial charge >= 0.3 is 74.8 Å². The van der Waals surface area contributed by atoms with E-state index in [9.17, 15) is 0 Å². The van der Waals surface area contributed by atoms with Crippen LogP contribution in [0.15, 0.2) is 0 Å². The summed E-state index contributed by atoms with van der Waals surface area (Å²) >= 11 is 0. The van der Waals surface area contributed by atoms with Crippen LogP contribution in [0.3, 0.4) is 0 Å². The van der Waals surface area contributed by atoms with Crippen LogP contribution in [0.4, 0.5) is 0 Å². The molecule has 9 nitrogen and oxygen atoms in total. The van der Waals surface area contributed by atoms with Crippen molar-refractivity contribution in [2.24, 2.45) is 0 Å². The minimum atomic E-state index is -4.64. The van der Waals surface area contributed by atoms with Gasteiger partial charge in [0.25, 0.3) is 0 Å². The third-order valence-corrected chi connectivity index (χ3v) is 0. The molecule has 0 unspecified atom stereocenters. The van der Waals surface area contributed by atoms with Crippen LogP contribution in [-0.4, -0.2) is 34.8 Å². The van der Waals surface area contributed by atoms with Crippen molar-refractivity contribution < 1.29 is 106 Å². The van der Waals surface area contributed by atoms with Gasteiger partial charge in [0.1, 0.15) is 0 Å². The van der Waals surface area contributed by atoms with Crippen molar-refractivity contribution in [1.82, 2.24) is 0 Å². The molecule has 0 aromatic carbocycles. The molecule has 0 aliphatic heterocycles. The number of hydrogen-bond acceptors (Lipinski definition) is 2. The zero-order chi connectivity index (χ0) is 11.0. The van der Waals surface area contributed by atoms with Gasteiger partial charge < -0.3 is 37.7 Å². The van der Waals surface area contributed by atoms with Gasteiger partial charge in [-0.05, 0) is 0 Å². The second-order valence-corrected chi connectivity index (χ2v) is 3.08. The molecule has 0 heterocycles. The molecule has 0 aromatic heterocycles. The van der Waals surface area contributed by atoms with Crippen LogP contribution < -0.4 is 59.1 Å². The van der Waals surface area contributed by atoms with E-state index in [2.05, 4.69) is 0 Å². The summed E-state index contributed by atoms with van der Waals surface area (Å²) in [5.74, 6) is 0. The van der Waals surface area contributed by atoms with Gasteiger partial charge in [-0.2, -0.15) is 0 Å². The third-order valence-electron chi connectivity index (χ3n) is 0. The topological polar surface area (TPSA) is 187 Å². The van der Waals surface area contributed by atoms with E-state index in [0.717, 1.165) is 0 Å². The van der Waals surface area contributed by atoms with Crippen molar-refractivity contribution in [3.63, 3.8) is 0 Å². The normalized spacial score (nSPS) is 8.27. The molecule has 0 amide bonds. The van der Waals surface area contributed by atoms with Gasteiger partial charge in [-0.15, -0.1) is 0 Å². The van der Waals surface area contributed by atoms with Gasteiger partial charge in [0, 0.05) is 0 Å². The van der Waals surface area contributed by atoms with E-state index in [1.165, 1.54) is 0 Å². The minimum Gasteiger partial charge on any atom is -1.00 e. The predicted octanol–water partition coefficient (Wildman–Crippen LogP) is -7.42. The van der Waals surface area contributed by atoms with E-state index in [1.54, 1.807) is 0 Å². The van der Waals surface area contributed by atoms with Gasteiger partial charge in [-0.25, -0.2) is 9.13 Å². The van der Waals surface area contributed by atoms with Crippen molar-refractivity contribution in [3.8, 4) is 0 Å². The summed E-state index contributed by atoms with van der Waals surface area (Å²) in [7, 11) is -9.28. The molecule has 90 valence electrons. The molecule has 0 atom stereocenters. The molecule has 0 rings (SSSR count). The zero-order valence-corrected chi connectivity index (χ0v) is 14.7. The first-order valence-corrected chi connectivity index (χ1v) is 5.70. The Hall–Kier alpha value is 2.18. The molecule has 0 saturated carbocycles. The van der Waals surface area contributed by atoms with Crippen LogP contribution in [0.1, 0.15) is 16.7 Å². The molecule has 0 spiro atoms. The van der Waals surface area contributed by atoms with E-state index in [1.807, 2.05) is 13.8 Å². The Bertz CT molecular complexity index is 145. The van der Waals surface area contributed by atoms with Crippen LogP contribution in [-0.2, 0) is 9.13 Å². The van der Waals surface area contributed by atoms with E-state index < -0.39 is 15.6 Å². The summed E-state index contributed by atoms with van der Waals surface area (Å²) in [5.41, 5.74) is 0. The van der Waals surface area contributed by atoms with Crippen LogP contribution >= 0.6 is 15.6 Å². The summed E-state index contributed by atoms with van der Waals surface area (Å²) < 4.78 is 17.8. The van der Waals surface area contributed by atoms with Gasteiger partial charge in [-0.1, -0.05) is 13.8 Å². The Labute approximate surface area is 134 Å². The summed E-state index contributed by atoms with van der Waals surface area (Å²) in [6.07, 6.45) is 0. The second-order valence-electron chi connectivity index (χ2n) is 1.03.